The maximum absolute atomic E-state index is 10.9. The molecule has 0 aliphatic carbocycles. The highest BCUT2D eigenvalue weighted by molar-refractivity contribution is 7.92. The SMILES string of the molecule is CCN=C(N)C(C)S(C)(=O)=O. The van der Waals surface area contributed by atoms with Crippen molar-refractivity contribution >= 4 is 15.7 Å². The van der Waals surface area contributed by atoms with Gasteiger partial charge in [-0.3, -0.25) is 4.99 Å². The van der Waals surface area contributed by atoms with Crippen molar-refractivity contribution < 1.29 is 8.42 Å². The first-order valence-corrected chi connectivity index (χ1v) is 5.33. The smallest absolute Gasteiger partial charge is 0.157 e. The van der Waals surface area contributed by atoms with Crippen molar-refractivity contribution in [2.24, 2.45) is 10.7 Å². The van der Waals surface area contributed by atoms with Crippen LogP contribution < -0.4 is 5.73 Å². The average molecular weight is 178 g/mol. The Labute approximate surface area is 67.4 Å². The molecule has 0 aliphatic rings. The number of sulfone groups is 1. The van der Waals surface area contributed by atoms with Gasteiger partial charge in [0.1, 0.15) is 11.1 Å². The number of nitrogens with zero attached hydrogens (tertiary/aromatic N) is 1. The van der Waals surface area contributed by atoms with E-state index in [-0.39, 0.29) is 5.84 Å². The van der Waals surface area contributed by atoms with Crippen LogP contribution in [0.2, 0.25) is 0 Å². The molecule has 66 valence electrons. The van der Waals surface area contributed by atoms with Crippen LogP contribution in [-0.4, -0.2) is 32.3 Å². The summed E-state index contributed by atoms with van der Waals surface area (Å²) in [4.78, 5) is 3.81. The van der Waals surface area contributed by atoms with Crippen LogP contribution >= 0.6 is 0 Å². The monoisotopic (exact) mass is 178 g/mol. The summed E-state index contributed by atoms with van der Waals surface area (Å²) in [5, 5.41) is -0.664. The van der Waals surface area contributed by atoms with Gasteiger partial charge >= 0.3 is 0 Å². The van der Waals surface area contributed by atoms with Crippen LogP contribution in [0.25, 0.3) is 0 Å². The first-order valence-electron chi connectivity index (χ1n) is 3.38. The molecule has 5 heteroatoms. The van der Waals surface area contributed by atoms with Gasteiger partial charge < -0.3 is 5.73 Å². The minimum Gasteiger partial charge on any atom is -0.386 e. The summed E-state index contributed by atoms with van der Waals surface area (Å²) in [6.07, 6.45) is 1.15. The van der Waals surface area contributed by atoms with Crippen LogP contribution in [-0.2, 0) is 9.84 Å². The highest BCUT2D eigenvalue weighted by atomic mass is 32.2. The van der Waals surface area contributed by atoms with Crippen LogP contribution in [0, 0.1) is 0 Å². The number of nitrogens with two attached hydrogens (primary N) is 1. The quantitative estimate of drug-likeness (QED) is 0.480. The van der Waals surface area contributed by atoms with Crippen LogP contribution in [0.1, 0.15) is 13.8 Å². The third-order valence-corrected chi connectivity index (χ3v) is 2.93. The van der Waals surface area contributed by atoms with Gasteiger partial charge in [-0.15, -0.1) is 0 Å². The fourth-order valence-corrected chi connectivity index (χ4v) is 1.04. The van der Waals surface area contributed by atoms with E-state index in [2.05, 4.69) is 4.99 Å². The van der Waals surface area contributed by atoms with E-state index in [0.29, 0.717) is 6.54 Å². The second-order valence-corrected chi connectivity index (χ2v) is 4.74. The first kappa shape index (κ1) is 10.4. The van der Waals surface area contributed by atoms with Crippen molar-refractivity contribution in [3.05, 3.63) is 0 Å². The molecule has 2 N–H and O–H groups in total. The van der Waals surface area contributed by atoms with Crippen LogP contribution in [0.3, 0.4) is 0 Å². The molecule has 0 saturated heterocycles. The number of aliphatic imine (C=N–C) groups is 1. The Kier molecular flexibility index (Phi) is 3.51. The zero-order chi connectivity index (χ0) is 9.07. The fourth-order valence-electron chi connectivity index (χ4n) is 0.530. The minimum atomic E-state index is -3.08. The number of amidine groups is 1. The lowest BCUT2D eigenvalue weighted by atomic mass is 10.4. The molecule has 0 fully saturated rings. The molecule has 1 unspecified atom stereocenters. The summed E-state index contributed by atoms with van der Waals surface area (Å²) in [5.74, 6) is 0.190. The molecule has 0 rings (SSSR count). The molecule has 0 spiro atoms. The normalized spacial score (nSPS) is 16.5. The standard InChI is InChI=1S/C6H14N2O2S/c1-4-8-6(7)5(2)11(3,9)10/h5H,4H2,1-3H3,(H2,7,8). The molecule has 0 radical (unpaired) electrons. The summed E-state index contributed by atoms with van der Waals surface area (Å²) in [5.41, 5.74) is 5.38. The van der Waals surface area contributed by atoms with E-state index >= 15 is 0 Å². The number of hydrogen-bond donors (Lipinski definition) is 1. The van der Waals surface area contributed by atoms with E-state index in [0.717, 1.165) is 6.26 Å². The van der Waals surface area contributed by atoms with Gasteiger partial charge in [0.2, 0.25) is 0 Å². The predicted octanol–water partition coefficient (Wildman–Crippen LogP) is -0.203. The predicted molar refractivity (Wildman–Crippen MR) is 46.5 cm³/mol. The molecule has 0 heterocycles. The Morgan fingerprint density at radius 2 is 2.09 bits per heavy atom. The molecule has 0 amide bonds. The Morgan fingerprint density at radius 3 is 2.36 bits per heavy atom. The van der Waals surface area contributed by atoms with Gasteiger partial charge in [0.25, 0.3) is 0 Å². The van der Waals surface area contributed by atoms with Crippen molar-refractivity contribution in [3.63, 3.8) is 0 Å². The minimum absolute atomic E-state index is 0.190. The van der Waals surface area contributed by atoms with Gasteiger partial charge in [-0.05, 0) is 13.8 Å². The molecule has 0 saturated carbocycles. The summed E-state index contributed by atoms with van der Waals surface area (Å²) in [6.45, 7) is 3.86. The fraction of sp³-hybridized carbons (Fsp3) is 0.833. The average Bonchev–Trinajstić information content (AvgIpc) is 1.85. The van der Waals surface area contributed by atoms with Crippen molar-refractivity contribution in [3.8, 4) is 0 Å². The molecule has 0 aliphatic heterocycles. The third-order valence-electron chi connectivity index (χ3n) is 1.40. The van der Waals surface area contributed by atoms with Crippen LogP contribution in [0.4, 0.5) is 0 Å². The topological polar surface area (TPSA) is 72.5 Å². The Balaban J connectivity index is 4.51. The van der Waals surface area contributed by atoms with E-state index in [1.165, 1.54) is 6.92 Å². The molecule has 4 nitrogen and oxygen atoms in total. The van der Waals surface area contributed by atoms with E-state index in [1.807, 2.05) is 6.92 Å². The Morgan fingerprint density at radius 1 is 1.64 bits per heavy atom. The largest absolute Gasteiger partial charge is 0.386 e. The summed E-state index contributed by atoms with van der Waals surface area (Å²) >= 11 is 0. The van der Waals surface area contributed by atoms with E-state index in [1.54, 1.807) is 0 Å². The van der Waals surface area contributed by atoms with E-state index in [9.17, 15) is 8.42 Å². The second-order valence-electron chi connectivity index (χ2n) is 2.37. The third kappa shape index (κ3) is 3.36. The highest BCUT2D eigenvalue weighted by Crippen LogP contribution is 1.97. The lowest BCUT2D eigenvalue weighted by Crippen LogP contribution is -2.33. The van der Waals surface area contributed by atoms with E-state index < -0.39 is 15.1 Å². The Bertz CT molecular complexity index is 243. The highest BCUT2D eigenvalue weighted by Gasteiger charge is 2.17. The van der Waals surface area contributed by atoms with Crippen molar-refractivity contribution in [2.75, 3.05) is 12.8 Å². The maximum Gasteiger partial charge on any atom is 0.157 e. The molecule has 11 heavy (non-hydrogen) atoms. The molecule has 0 aromatic heterocycles. The van der Waals surface area contributed by atoms with Gasteiger partial charge in [0.05, 0.1) is 0 Å². The summed E-state index contributed by atoms with van der Waals surface area (Å²) < 4.78 is 21.8. The van der Waals surface area contributed by atoms with Gasteiger partial charge in [0, 0.05) is 12.8 Å². The first-order chi connectivity index (χ1) is 4.89. The van der Waals surface area contributed by atoms with Crippen molar-refractivity contribution in [1.82, 2.24) is 0 Å². The van der Waals surface area contributed by atoms with Gasteiger partial charge in [0.15, 0.2) is 9.84 Å². The van der Waals surface area contributed by atoms with Crippen molar-refractivity contribution in [1.29, 1.82) is 0 Å². The summed E-state index contributed by atoms with van der Waals surface area (Å²) in [6, 6.07) is 0. The van der Waals surface area contributed by atoms with Gasteiger partial charge in [-0.25, -0.2) is 8.42 Å². The van der Waals surface area contributed by atoms with Gasteiger partial charge in [-0.2, -0.15) is 0 Å². The zero-order valence-corrected chi connectivity index (χ0v) is 7.85. The molecule has 0 aromatic rings. The van der Waals surface area contributed by atoms with Crippen LogP contribution in [0.15, 0.2) is 4.99 Å². The zero-order valence-electron chi connectivity index (χ0n) is 7.03. The molecular formula is C6H14N2O2S. The molecular weight excluding hydrogens is 164 g/mol. The lowest BCUT2D eigenvalue weighted by molar-refractivity contribution is 0.598. The number of hydrogen-bond acceptors (Lipinski definition) is 3. The Hall–Kier alpha value is -0.580. The van der Waals surface area contributed by atoms with Crippen molar-refractivity contribution in [2.45, 2.75) is 19.1 Å². The van der Waals surface area contributed by atoms with Gasteiger partial charge in [-0.1, -0.05) is 0 Å². The van der Waals surface area contributed by atoms with Crippen LogP contribution in [0.5, 0.6) is 0 Å². The lowest BCUT2D eigenvalue weighted by Gasteiger charge is -2.07. The maximum atomic E-state index is 10.9. The molecule has 0 bridgehead atoms. The molecule has 1 atom stereocenters. The second kappa shape index (κ2) is 3.71. The molecule has 0 aromatic carbocycles. The summed E-state index contributed by atoms with van der Waals surface area (Å²) in [7, 11) is -3.08. The number of rotatable bonds is 3. The van der Waals surface area contributed by atoms with E-state index in [4.69, 9.17) is 5.73 Å².